The monoisotopic (exact) mass is 745 g/mol. The average Bonchev–Trinajstić information content (AvgIpc) is 3.07. The van der Waals surface area contributed by atoms with E-state index in [1.807, 2.05) is 21.1 Å². The quantitative estimate of drug-likeness (QED) is 0.0281. The highest BCUT2D eigenvalue weighted by Crippen LogP contribution is 2.38. The van der Waals surface area contributed by atoms with E-state index in [0.29, 0.717) is 23.9 Å². The first-order valence-corrected chi connectivity index (χ1v) is 23.0. The summed E-state index contributed by atoms with van der Waals surface area (Å²) in [6.45, 7) is 4.70. The Morgan fingerprint density at radius 3 is 1.53 bits per heavy atom. The molecule has 8 nitrogen and oxygen atoms in total. The van der Waals surface area contributed by atoms with Crippen LogP contribution in [-0.4, -0.2) is 68.5 Å². The van der Waals surface area contributed by atoms with Crippen molar-refractivity contribution in [2.75, 3.05) is 40.9 Å². The molecule has 0 spiro atoms. The van der Waals surface area contributed by atoms with Crippen LogP contribution in [0.5, 0.6) is 0 Å². The molecule has 0 saturated carbocycles. The second-order valence-electron chi connectivity index (χ2n) is 16.1. The lowest BCUT2D eigenvalue weighted by Gasteiger charge is -2.30. The number of hydrogen-bond donors (Lipinski definition) is 2. The molecule has 0 aromatic carbocycles. The smallest absolute Gasteiger partial charge is 0.268 e. The first kappa shape index (κ1) is 50.2. The number of amides is 1. The molecule has 0 heterocycles. The van der Waals surface area contributed by atoms with Crippen LogP contribution in [0.25, 0.3) is 0 Å². The third kappa shape index (κ3) is 37.4. The number of nitrogens with one attached hydrogen (secondary N) is 1. The molecule has 0 fully saturated rings. The van der Waals surface area contributed by atoms with Crippen LogP contribution >= 0.6 is 7.82 Å². The van der Waals surface area contributed by atoms with E-state index in [-0.39, 0.29) is 19.1 Å². The molecule has 9 heteroatoms. The van der Waals surface area contributed by atoms with Crippen molar-refractivity contribution in [3.63, 3.8) is 0 Å². The van der Waals surface area contributed by atoms with Crippen LogP contribution < -0.4 is 10.2 Å². The van der Waals surface area contributed by atoms with Gasteiger partial charge in [-0.2, -0.15) is 0 Å². The number of phosphoric ester groups is 1. The number of likely N-dealkylation sites (N-methyl/N-ethyl adjacent to an activating group) is 1. The molecule has 0 saturated heterocycles. The molecule has 3 atom stereocenters. The fraction of sp³-hybridized carbons (Fsp3) is 0.929. The highest BCUT2D eigenvalue weighted by Gasteiger charge is 2.24. The van der Waals surface area contributed by atoms with Crippen molar-refractivity contribution < 1.29 is 32.9 Å². The molecular weight excluding hydrogens is 659 g/mol. The van der Waals surface area contributed by atoms with Crippen LogP contribution in [0.1, 0.15) is 200 Å². The van der Waals surface area contributed by atoms with Gasteiger partial charge in [0, 0.05) is 6.42 Å². The summed E-state index contributed by atoms with van der Waals surface area (Å²) < 4.78 is 23.2. The summed E-state index contributed by atoms with van der Waals surface area (Å²) in [4.78, 5) is 25.3. The molecule has 3 unspecified atom stereocenters. The number of rotatable bonds is 39. The zero-order valence-electron chi connectivity index (χ0n) is 34.3. The van der Waals surface area contributed by atoms with E-state index in [1.54, 1.807) is 0 Å². The zero-order valence-corrected chi connectivity index (χ0v) is 35.2. The van der Waals surface area contributed by atoms with Gasteiger partial charge in [-0.3, -0.25) is 9.36 Å². The molecule has 0 aliphatic heterocycles. The number of nitrogens with zero attached hydrogens (tertiary/aromatic N) is 1. The molecule has 51 heavy (non-hydrogen) atoms. The van der Waals surface area contributed by atoms with Crippen molar-refractivity contribution in [3.05, 3.63) is 12.2 Å². The number of aliphatic hydroxyl groups is 1. The second kappa shape index (κ2) is 35.0. The maximum Gasteiger partial charge on any atom is 0.268 e. The normalized spacial score (nSPS) is 14.6. The number of hydrogen-bond acceptors (Lipinski definition) is 6. The SMILES string of the molecule is CCCCCCCC/C=C\CCCCCCCCCC(=O)NC(COP(=O)([O-])OCC[N+](C)(C)C)C(O)CCCCCCCCCCCCCC. The molecule has 0 rings (SSSR count). The summed E-state index contributed by atoms with van der Waals surface area (Å²) in [5.74, 6) is -0.170. The molecule has 2 N–H and O–H groups in total. The first-order chi connectivity index (χ1) is 24.5. The van der Waals surface area contributed by atoms with E-state index in [1.165, 1.54) is 135 Å². The minimum atomic E-state index is -4.56. The van der Waals surface area contributed by atoms with Gasteiger partial charge in [-0.25, -0.2) is 0 Å². The van der Waals surface area contributed by atoms with Crippen LogP contribution in [0.4, 0.5) is 0 Å². The lowest BCUT2D eigenvalue weighted by Crippen LogP contribution is -2.46. The Morgan fingerprint density at radius 1 is 0.667 bits per heavy atom. The number of allylic oxidation sites excluding steroid dienone is 2. The van der Waals surface area contributed by atoms with Gasteiger partial charge in [-0.15, -0.1) is 0 Å². The van der Waals surface area contributed by atoms with Gasteiger partial charge in [0.2, 0.25) is 5.91 Å². The topological polar surface area (TPSA) is 108 Å². The Balaban J connectivity index is 4.36. The maximum atomic E-state index is 12.8. The molecule has 0 aliphatic rings. The molecule has 0 aromatic rings. The highest BCUT2D eigenvalue weighted by molar-refractivity contribution is 7.45. The number of aliphatic hydroxyl groups excluding tert-OH is 1. The Kier molecular flexibility index (Phi) is 34.5. The summed E-state index contributed by atoms with van der Waals surface area (Å²) in [7, 11) is 1.30. The van der Waals surface area contributed by atoms with E-state index >= 15 is 0 Å². The number of carbonyl (C=O) groups is 1. The van der Waals surface area contributed by atoms with E-state index in [0.717, 1.165) is 38.5 Å². The number of unbranched alkanes of at least 4 members (excludes halogenated alkanes) is 24. The minimum Gasteiger partial charge on any atom is -0.756 e. The van der Waals surface area contributed by atoms with Crippen LogP contribution in [0, 0.1) is 0 Å². The lowest BCUT2D eigenvalue weighted by atomic mass is 10.0. The van der Waals surface area contributed by atoms with Crippen molar-refractivity contribution in [1.82, 2.24) is 5.32 Å². The molecule has 0 aliphatic carbocycles. The van der Waals surface area contributed by atoms with E-state index in [9.17, 15) is 19.4 Å². The number of phosphoric acid groups is 1. The van der Waals surface area contributed by atoms with Gasteiger partial charge in [0.05, 0.1) is 39.9 Å². The Hall–Kier alpha value is -0.760. The predicted octanol–water partition coefficient (Wildman–Crippen LogP) is 10.9. The Morgan fingerprint density at radius 2 is 1.08 bits per heavy atom. The van der Waals surface area contributed by atoms with Crippen molar-refractivity contribution in [2.45, 2.75) is 212 Å². The third-order valence-corrected chi connectivity index (χ3v) is 10.7. The van der Waals surface area contributed by atoms with Crippen LogP contribution in [0.2, 0.25) is 0 Å². The molecule has 1 amide bonds. The van der Waals surface area contributed by atoms with E-state index in [4.69, 9.17) is 9.05 Å². The second-order valence-corrected chi connectivity index (χ2v) is 17.5. The van der Waals surface area contributed by atoms with Crippen molar-refractivity contribution >= 4 is 13.7 Å². The first-order valence-electron chi connectivity index (χ1n) is 21.5. The van der Waals surface area contributed by atoms with Crippen molar-refractivity contribution in [3.8, 4) is 0 Å². The van der Waals surface area contributed by atoms with E-state index < -0.39 is 20.0 Å². The van der Waals surface area contributed by atoms with Gasteiger partial charge in [0.15, 0.2) is 0 Å². The Labute approximate surface area is 316 Å². The molecule has 0 aromatic heterocycles. The van der Waals surface area contributed by atoms with Gasteiger partial charge in [0.1, 0.15) is 13.2 Å². The number of quaternary nitrogens is 1. The van der Waals surface area contributed by atoms with E-state index in [2.05, 4.69) is 31.3 Å². The summed E-state index contributed by atoms with van der Waals surface area (Å²) in [6.07, 6.45) is 37.8. The average molecular weight is 745 g/mol. The summed E-state index contributed by atoms with van der Waals surface area (Å²) in [5, 5.41) is 13.9. The van der Waals surface area contributed by atoms with Crippen molar-refractivity contribution in [1.29, 1.82) is 0 Å². The minimum absolute atomic E-state index is 0.0130. The molecule has 0 bridgehead atoms. The van der Waals surface area contributed by atoms with Crippen molar-refractivity contribution in [2.24, 2.45) is 0 Å². The van der Waals surface area contributed by atoms with Gasteiger partial charge in [0.25, 0.3) is 7.82 Å². The lowest BCUT2D eigenvalue weighted by molar-refractivity contribution is -0.870. The summed E-state index contributed by atoms with van der Waals surface area (Å²) >= 11 is 0. The molecule has 0 radical (unpaired) electrons. The highest BCUT2D eigenvalue weighted by atomic mass is 31.2. The fourth-order valence-corrected chi connectivity index (χ4v) is 6.99. The van der Waals surface area contributed by atoms with Crippen LogP contribution in [-0.2, 0) is 18.4 Å². The van der Waals surface area contributed by atoms with Crippen LogP contribution in [0.3, 0.4) is 0 Å². The fourth-order valence-electron chi connectivity index (χ4n) is 6.27. The standard InChI is InChI=1S/C42H85N2O6P/c1-6-8-10-12-14-16-18-20-21-22-23-24-26-28-30-32-34-36-42(46)43-40(39-50-51(47,48)49-38-37-44(3,4)5)41(45)35-33-31-29-27-25-19-17-15-13-11-9-7-2/h20-21,40-41,45H,6-19,22-39H2,1-5H3,(H-,43,46,47,48)/b21-20-. The van der Waals surface area contributed by atoms with Gasteiger partial charge < -0.3 is 28.8 Å². The van der Waals surface area contributed by atoms with Gasteiger partial charge >= 0.3 is 0 Å². The maximum absolute atomic E-state index is 12.8. The third-order valence-electron chi connectivity index (χ3n) is 9.75. The molecular formula is C42H85N2O6P. The summed E-state index contributed by atoms with van der Waals surface area (Å²) in [6, 6.07) is -0.797. The van der Waals surface area contributed by atoms with Gasteiger partial charge in [-0.05, 0) is 38.5 Å². The predicted molar refractivity (Wildman–Crippen MR) is 215 cm³/mol. The van der Waals surface area contributed by atoms with Gasteiger partial charge in [-0.1, -0.05) is 167 Å². The number of carbonyl (C=O) groups excluding carboxylic acids is 1. The Bertz CT molecular complexity index is 850. The molecule has 304 valence electrons. The zero-order chi connectivity index (χ0) is 37.9. The van der Waals surface area contributed by atoms with Crippen LogP contribution in [0.15, 0.2) is 12.2 Å². The largest absolute Gasteiger partial charge is 0.756 e. The summed E-state index contributed by atoms with van der Waals surface area (Å²) in [5.41, 5.74) is 0.